The molecule has 0 aliphatic carbocycles. The zero-order valence-electron chi connectivity index (χ0n) is 12.7. The second-order valence-corrected chi connectivity index (χ2v) is 4.27. The molecule has 0 unspecified atom stereocenters. The first-order valence-corrected chi connectivity index (χ1v) is 6.57. The number of benzene rings is 1. The molecule has 0 atom stereocenters. The van der Waals surface area contributed by atoms with E-state index < -0.39 is 35.1 Å². The summed E-state index contributed by atoms with van der Waals surface area (Å²) in [5.74, 6) is -1.83. The first-order chi connectivity index (χ1) is 11.4. The second-order valence-electron chi connectivity index (χ2n) is 4.27. The van der Waals surface area contributed by atoms with Gasteiger partial charge >= 0.3 is 17.7 Å². The minimum atomic E-state index is -0.956. The quantitative estimate of drug-likeness (QED) is 0.324. The van der Waals surface area contributed by atoms with Gasteiger partial charge in [0.2, 0.25) is 0 Å². The summed E-state index contributed by atoms with van der Waals surface area (Å²) in [4.78, 5) is 44.6. The number of nitrogens with one attached hydrogen (secondary N) is 2. The summed E-state index contributed by atoms with van der Waals surface area (Å²) in [6.07, 6.45) is 1.42. The number of nitro benzene ring substituents is 1. The fourth-order valence-electron chi connectivity index (χ4n) is 1.55. The minimum absolute atomic E-state index is 0.0202. The number of nitrogens with zero attached hydrogens (tertiary/aromatic N) is 1. The molecule has 0 fully saturated rings. The highest BCUT2D eigenvalue weighted by Gasteiger charge is 2.19. The number of methoxy groups -OCH3 is 1. The summed E-state index contributed by atoms with van der Waals surface area (Å²) < 4.78 is 9.50. The molecule has 24 heavy (non-hydrogen) atoms. The molecular formula is C14H15N3O7. The molecule has 1 aromatic rings. The molecule has 2 N–H and O–H groups in total. The highest BCUT2D eigenvalue weighted by molar-refractivity contribution is 5.97. The lowest BCUT2D eigenvalue weighted by atomic mass is 10.2. The molecule has 1 rings (SSSR count). The molecule has 128 valence electrons. The SMILES string of the molecule is C=CCNC(=O)NC(=O)COC(=O)c1ccc(OC)c([N+](=O)[O-])c1. The standard InChI is InChI=1S/C14H15N3O7/c1-3-6-15-14(20)16-12(18)8-24-13(19)9-4-5-11(23-2)10(7-9)17(21)22/h3-5,7H,1,6,8H2,2H3,(H2,15,16,18,20). The molecule has 0 saturated heterocycles. The normalized spacial score (nSPS) is 9.54. The Kier molecular flexibility index (Phi) is 6.89. The zero-order valence-corrected chi connectivity index (χ0v) is 12.7. The lowest BCUT2D eigenvalue weighted by molar-refractivity contribution is -0.385. The van der Waals surface area contributed by atoms with Crippen LogP contribution >= 0.6 is 0 Å². The van der Waals surface area contributed by atoms with E-state index in [0.29, 0.717) is 0 Å². The van der Waals surface area contributed by atoms with Gasteiger partial charge in [-0.05, 0) is 12.1 Å². The maximum atomic E-state index is 11.8. The van der Waals surface area contributed by atoms with Gasteiger partial charge in [-0.3, -0.25) is 20.2 Å². The van der Waals surface area contributed by atoms with Crippen LogP contribution in [0, 0.1) is 10.1 Å². The van der Waals surface area contributed by atoms with Crippen LogP contribution in [0.15, 0.2) is 30.9 Å². The first-order valence-electron chi connectivity index (χ1n) is 6.57. The number of carbonyl (C=O) groups is 3. The number of carbonyl (C=O) groups excluding carboxylic acids is 3. The molecule has 1 aromatic carbocycles. The van der Waals surface area contributed by atoms with Crippen LogP contribution in [0.5, 0.6) is 5.75 Å². The zero-order chi connectivity index (χ0) is 18.1. The van der Waals surface area contributed by atoms with Gasteiger partial charge in [0.15, 0.2) is 12.4 Å². The van der Waals surface area contributed by atoms with Crippen molar-refractivity contribution in [2.75, 3.05) is 20.3 Å². The number of rotatable bonds is 7. The summed E-state index contributed by atoms with van der Waals surface area (Å²) in [5, 5.41) is 15.1. The number of hydrogen-bond donors (Lipinski definition) is 2. The van der Waals surface area contributed by atoms with Crippen LogP contribution in [0.25, 0.3) is 0 Å². The number of urea groups is 1. The molecular weight excluding hydrogens is 322 g/mol. The fourth-order valence-corrected chi connectivity index (χ4v) is 1.55. The van der Waals surface area contributed by atoms with Crippen LogP contribution in [0.2, 0.25) is 0 Å². The van der Waals surface area contributed by atoms with Crippen molar-refractivity contribution in [3.05, 3.63) is 46.5 Å². The summed E-state index contributed by atoms with van der Waals surface area (Å²) >= 11 is 0. The van der Waals surface area contributed by atoms with E-state index in [1.807, 2.05) is 5.32 Å². The number of esters is 1. The largest absolute Gasteiger partial charge is 0.490 e. The Morgan fingerprint density at radius 2 is 2.08 bits per heavy atom. The van der Waals surface area contributed by atoms with Crippen molar-refractivity contribution in [3.8, 4) is 5.75 Å². The van der Waals surface area contributed by atoms with E-state index in [2.05, 4.69) is 16.6 Å². The average molecular weight is 337 g/mol. The van der Waals surface area contributed by atoms with Crippen LogP contribution in [-0.2, 0) is 9.53 Å². The van der Waals surface area contributed by atoms with Crippen LogP contribution in [0.4, 0.5) is 10.5 Å². The van der Waals surface area contributed by atoms with E-state index in [1.54, 1.807) is 0 Å². The van der Waals surface area contributed by atoms with Gasteiger partial charge in [0, 0.05) is 12.6 Å². The molecule has 0 spiro atoms. The Labute approximate surface area is 136 Å². The first kappa shape index (κ1) is 18.6. The van der Waals surface area contributed by atoms with Crippen molar-refractivity contribution in [2.45, 2.75) is 0 Å². The number of hydrogen-bond acceptors (Lipinski definition) is 7. The van der Waals surface area contributed by atoms with Crippen molar-refractivity contribution >= 4 is 23.6 Å². The average Bonchev–Trinajstić information content (AvgIpc) is 2.57. The molecule has 10 heteroatoms. The summed E-state index contributed by atoms with van der Waals surface area (Å²) in [7, 11) is 1.25. The van der Waals surface area contributed by atoms with E-state index in [-0.39, 0.29) is 17.9 Å². The number of amides is 3. The van der Waals surface area contributed by atoms with Crippen molar-refractivity contribution in [2.24, 2.45) is 0 Å². The van der Waals surface area contributed by atoms with Gasteiger partial charge in [-0.1, -0.05) is 6.08 Å². The van der Waals surface area contributed by atoms with Crippen LogP contribution in [0.1, 0.15) is 10.4 Å². The lowest BCUT2D eigenvalue weighted by Gasteiger charge is -2.07. The number of ether oxygens (including phenoxy) is 2. The van der Waals surface area contributed by atoms with Gasteiger partial charge in [-0.15, -0.1) is 6.58 Å². The van der Waals surface area contributed by atoms with Crippen molar-refractivity contribution in [1.29, 1.82) is 0 Å². The molecule has 0 saturated carbocycles. The number of imide groups is 1. The predicted octanol–water partition coefficient (Wildman–Crippen LogP) is 0.772. The summed E-state index contributed by atoms with van der Waals surface area (Å²) in [6, 6.07) is 2.69. The van der Waals surface area contributed by atoms with Crippen molar-refractivity contribution in [1.82, 2.24) is 10.6 Å². The lowest BCUT2D eigenvalue weighted by Crippen LogP contribution is -2.41. The molecule has 0 aromatic heterocycles. The Morgan fingerprint density at radius 1 is 1.38 bits per heavy atom. The molecule has 0 aliphatic rings. The molecule has 0 radical (unpaired) electrons. The van der Waals surface area contributed by atoms with Crippen LogP contribution in [0.3, 0.4) is 0 Å². The third kappa shape index (κ3) is 5.40. The smallest absolute Gasteiger partial charge is 0.338 e. The Bertz CT molecular complexity index is 672. The van der Waals surface area contributed by atoms with Gasteiger partial charge in [-0.25, -0.2) is 9.59 Å². The molecule has 0 heterocycles. The van der Waals surface area contributed by atoms with Gasteiger partial charge in [0.25, 0.3) is 5.91 Å². The summed E-state index contributed by atoms with van der Waals surface area (Å²) in [6.45, 7) is 2.82. The van der Waals surface area contributed by atoms with Gasteiger partial charge < -0.3 is 14.8 Å². The predicted molar refractivity (Wildman–Crippen MR) is 81.7 cm³/mol. The monoisotopic (exact) mass is 337 g/mol. The highest BCUT2D eigenvalue weighted by Crippen LogP contribution is 2.27. The molecule has 0 aliphatic heterocycles. The Morgan fingerprint density at radius 3 is 2.67 bits per heavy atom. The highest BCUT2D eigenvalue weighted by atomic mass is 16.6. The summed E-state index contributed by atoms with van der Waals surface area (Å²) in [5.41, 5.74) is -0.549. The van der Waals surface area contributed by atoms with Crippen LogP contribution in [-0.4, -0.2) is 43.1 Å². The van der Waals surface area contributed by atoms with Gasteiger partial charge in [-0.2, -0.15) is 0 Å². The topological polar surface area (TPSA) is 137 Å². The van der Waals surface area contributed by atoms with Gasteiger partial charge in [0.05, 0.1) is 17.6 Å². The fraction of sp³-hybridized carbons (Fsp3) is 0.214. The van der Waals surface area contributed by atoms with E-state index in [4.69, 9.17) is 4.74 Å². The second kappa shape index (κ2) is 8.88. The van der Waals surface area contributed by atoms with E-state index in [9.17, 15) is 24.5 Å². The Balaban J connectivity index is 2.64. The minimum Gasteiger partial charge on any atom is -0.490 e. The van der Waals surface area contributed by atoms with Crippen molar-refractivity contribution in [3.63, 3.8) is 0 Å². The maximum absolute atomic E-state index is 11.8. The van der Waals surface area contributed by atoms with Crippen LogP contribution < -0.4 is 15.4 Å². The van der Waals surface area contributed by atoms with Crippen molar-refractivity contribution < 1.29 is 28.8 Å². The van der Waals surface area contributed by atoms with E-state index in [0.717, 1.165) is 6.07 Å². The van der Waals surface area contributed by atoms with Gasteiger partial charge in [0.1, 0.15) is 0 Å². The third-order valence-corrected chi connectivity index (χ3v) is 2.61. The molecule has 10 nitrogen and oxygen atoms in total. The maximum Gasteiger partial charge on any atom is 0.338 e. The van der Waals surface area contributed by atoms with E-state index >= 15 is 0 Å². The Hall–Kier alpha value is -3.43. The molecule has 0 bridgehead atoms. The third-order valence-electron chi connectivity index (χ3n) is 2.61. The number of nitro groups is 1. The molecule has 3 amide bonds. The van der Waals surface area contributed by atoms with E-state index in [1.165, 1.54) is 25.3 Å².